The van der Waals surface area contributed by atoms with Crippen molar-refractivity contribution < 1.29 is 14.1 Å². The van der Waals surface area contributed by atoms with Crippen LogP contribution in [0.5, 0.6) is 0 Å². The predicted molar refractivity (Wildman–Crippen MR) is 45.5 cm³/mol. The molecule has 11 heavy (non-hydrogen) atoms. The molecule has 0 aromatic rings. The molecule has 0 saturated heterocycles. The second-order valence-electron chi connectivity index (χ2n) is 2.86. The molecule has 0 fully saturated rings. The molecular weight excluding hydrogens is 163 g/mol. The maximum Gasteiger partial charge on any atom is 0.316 e. The van der Waals surface area contributed by atoms with Crippen molar-refractivity contribution >= 4 is 13.1 Å². The topological polar surface area (TPSA) is 43.4 Å². The van der Waals surface area contributed by atoms with Gasteiger partial charge in [0.25, 0.3) is 0 Å². The molecule has 0 aromatic heterocycles. The first kappa shape index (κ1) is 10.7. The van der Waals surface area contributed by atoms with Gasteiger partial charge in [-0.2, -0.15) is 0 Å². The summed E-state index contributed by atoms with van der Waals surface area (Å²) in [6.07, 6.45) is 0. The van der Waals surface area contributed by atoms with E-state index in [4.69, 9.17) is 4.74 Å². The highest BCUT2D eigenvalue weighted by Gasteiger charge is 2.26. The van der Waals surface area contributed by atoms with E-state index in [1.807, 2.05) is 0 Å². The lowest BCUT2D eigenvalue weighted by molar-refractivity contribution is -0.142. The Morgan fingerprint density at radius 3 is 2.27 bits per heavy atom. The lowest BCUT2D eigenvalue weighted by Crippen LogP contribution is -2.19. The summed E-state index contributed by atoms with van der Waals surface area (Å²) < 4.78 is 16.0. The average molecular weight is 178 g/mol. The number of hydrogen-bond acceptors (Lipinski definition) is 3. The van der Waals surface area contributed by atoms with Crippen LogP contribution in [0.3, 0.4) is 0 Å². The molecular formula is C7H15O3P. The van der Waals surface area contributed by atoms with Crippen LogP contribution in [0.4, 0.5) is 0 Å². The summed E-state index contributed by atoms with van der Waals surface area (Å²) in [6.45, 7) is 6.91. The van der Waals surface area contributed by atoms with Gasteiger partial charge in [0.2, 0.25) is 0 Å². The fourth-order valence-corrected chi connectivity index (χ4v) is 1.10. The van der Waals surface area contributed by atoms with Crippen molar-refractivity contribution in [3.05, 3.63) is 0 Å². The van der Waals surface area contributed by atoms with Gasteiger partial charge in [-0.3, -0.25) is 4.79 Å². The third kappa shape index (κ3) is 3.57. The summed E-state index contributed by atoms with van der Waals surface area (Å²) in [5.41, 5.74) is -0.470. The fraction of sp³-hybridized carbons (Fsp3) is 0.857. The van der Waals surface area contributed by atoms with Crippen LogP contribution < -0.4 is 0 Å². The van der Waals surface area contributed by atoms with Crippen LogP contribution in [0, 0.1) is 0 Å². The standard InChI is InChI=1S/C7H15O3P/c1-5-10-7(8)6(2)11(3,4)9/h6H,5H2,1-4H3. The molecule has 0 rings (SSSR count). The van der Waals surface area contributed by atoms with E-state index in [2.05, 4.69) is 0 Å². The van der Waals surface area contributed by atoms with Crippen molar-refractivity contribution in [3.8, 4) is 0 Å². The van der Waals surface area contributed by atoms with E-state index in [1.165, 1.54) is 0 Å². The highest BCUT2D eigenvalue weighted by atomic mass is 31.2. The van der Waals surface area contributed by atoms with Gasteiger partial charge in [0, 0.05) is 0 Å². The SMILES string of the molecule is CCOC(=O)C(C)P(C)(C)=O. The molecule has 0 heterocycles. The Kier molecular flexibility index (Phi) is 3.81. The second-order valence-corrected chi connectivity index (χ2v) is 6.51. The van der Waals surface area contributed by atoms with Gasteiger partial charge in [-0.15, -0.1) is 0 Å². The molecule has 0 aliphatic carbocycles. The van der Waals surface area contributed by atoms with E-state index in [9.17, 15) is 9.36 Å². The van der Waals surface area contributed by atoms with Crippen molar-refractivity contribution in [1.82, 2.24) is 0 Å². The maximum absolute atomic E-state index is 11.3. The monoisotopic (exact) mass is 178 g/mol. The van der Waals surface area contributed by atoms with Gasteiger partial charge < -0.3 is 9.30 Å². The van der Waals surface area contributed by atoms with Crippen molar-refractivity contribution in [2.24, 2.45) is 0 Å². The van der Waals surface area contributed by atoms with Gasteiger partial charge in [0.05, 0.1) is 13.7 Å². The van der Waals surface area contributed by atoms with E-state index in [0.717, 1.165) is 0 Å². The van der Waals surface area contributed by atoms with E-state index < -0.39 is 12.8 Å². The minimum Gasteiger partial charge on any atom is -0.465 e. The second kappa shape index (κ2) is 3.91. The Morgan fingerprint density at radius 1 is 1.55 bits per heavy atom. The summed E-state index contributed by atoms with van der Waals surface area (Å²) in [5, 5.41) is 0. The smallest absolute Gasteiger partial charge is 0.316 e. The highest BCUT2D eigenvalue weighted by Crippen LogP contribution is 2.42. The molecule has 0 saturated carbocycles. The van der Waals surface area contributed by atoms with E-state index >= 15 is 0 Å². The molecule has 0 aromatic carbocycles. The van der Waals surface area contributed by atoms with Gasteiger partial charge in [0.1, 0.15) is 5.66 Å². The van der Waals surface area contributed by atoms with Crippen molar-refractivity contribution in [3.63, 3.8) is 0 Å². The van der Waals surface area contributed by atoms with Crippen molar-refractivity contribution in [1.29, 1.82) is 0 Å². The van der Waals surface area contributed by atoms with E-state index in [-0.39, 0.29) is 5.97 Å². The zero-order chi connectivity index (χ0) is 9.07. The number of esters is 1. The normalized spacial score (nSPS) is 14.2. The van der Waals surface area contributed by atoms with Gasteiger partial charge >= 0.3 is 5.97 Å². The van der Waals surface area contributed by atoms with E-state index in [1.54, 1.807) is 27.2 Å². The minimum absolute atomic E-state index is 0.350. The number of ether oxygens (including phenoxy) is 1. The molecule has 3 nitrogen and oxygen atoms in total. The van der Waals surface area contributed by atoms with Crippen LogP contribution in [0.1, 0.15) is 13.8 Å². The molecule has 1 unspecified atom stereocenters. The quantitative estimate of drug-likeness (QED) is 0.486. The summed E-state index contributed by atoms with van der Waals surface area (Å²) in [7, 11) is -2.32. The molecule has 0 aliphatic rings. The number of rotatable bonds is 3. The summed E-state index contributed by atoms with van der Waals surface area (Å²) in [5.74, 6) is -0.360. The lowest BCUT2D eigenvalue weighted by atomic mass is 10.5. The molecule has 4 heteroatoms. The first-order valence-corrected chi connectivity index (χ1v) is 6.28. The Labute approximate surface area is 67.5 Å². The van der Waals surface area contributed by atoms with Crippen LogP contribution in [0.25, 0.3) is 0 Å². The molecule has 0 N–H and O–H groups in total. The zero-order valence-corrected chi connectivity index (χ0v) is 8.35. The Balaban J connectivity index is 4.14. The first-order chi connectivity index (χ1) is 4.89. The molecule has 66 valence electrons. The van der Waals surface area contributed by atoms with Gasteiger partial charge in [-0.25, -0.2) is 0 Å². The molecule has 0 spiro atoms. The van der Waals surface area contributed by atoms with E-state index in [0.29, 0.717) is 6.61 Å². The van der Waals surface area contributed by atoms with Crippen LogP contribution in [-0.2, 0) is 14.1 Å². The molecule has 0 radical (unpaired) electrons. The third-order valence-electron chi connectivity index (χ3n) is 1.56. The molecule has 1 atom stereocenters. The minimum atomic E-state index is -2.32. The molecule has 0 amide bonds. The Hall–Kier alpha value is -0.300. The molecule has 0 aliphatic heterocycles. The van der Waals surface area contributed by atoms with Crippen molar-refractivity contribution in [2.45, 2.75) is 19.5 Å². The summed E-state index contributed by atoms with van der Waals surface area (Å²) in [4.78, 5) is 11.0. The number of carbonyl (C=O) groups excluding carboxylic acids is 1. The van der Waals surface area contributed by atoms with Gasteiger partial charge in [-0.05, 0) is 27.2 Å². The number of carbonyl (C=O) groups is 1. The van der Waals surface area contributed by atoms with Crippen LogP contribution in [0.2, 0.25) is 0 Å². The van der Waals surface area contributed by atoms with Gasteiger partial charge in [0.15, 0.2) is 0 Å². The van der Waals surface area contributed by atoms with Crippen molar-refractivity contribution in [2.75, 3.05) is 19.9 Å². The Morgan fingerprint density at radius 2 is 2.00 bits per heavy atom. The maximum atomic E-state index is 11.3. The van der Waals surface area contributed by atoms with Crippen LogP contribution in [-0.4, -0.2) is 31.6 Å². The first-order valence-electron chi connectivity index (χ1n) is 3.61. The van der Waals surface area contributed by atoms with Crippen LogP contribution >= 0.6 is 7.14 Å². The predicted octanol–water partition coefficient (Wildman–Crippen LogP) is 1.56. The van der Waals surface area contributed by atoms with Crippen LogP contribution in [0.15, 0.2) is 0 Å². The lowest BCUT2D eigenvalue weighted by Gasteiger charge is -2.14. The summed E-state index contributed by atoms with van der Waals surface area (Å²) in [6, 6.07) is 0. The average Bonchev–Trinajstić information content (AvgIpc) is 1.85. The third-order valence-corrected chi connectivity index (χ3v) is 3.64. The fourth-order valence-electron chi connectivity index (χ4n) is 0.517. The highest BCUT2D eigenvalue weighted by molar-refractivity contribution is 7.64. The Bertz CT molecular complexity index is 182. The summed E-state index contributed by atoms with van der Waals surface area (Å²) >= 11 is 0. The van der Waals surface area contributed by atoms with Gasteiger partial charge in [-0.1, -0.05) is 0 Å². The number of hydrogen-bond donors (Lipinski definition) is 0. The zero-order valence-electron chi connectivity index (χ0n) is 7.46. The largest absolute Gasteiger partial charge is 0.465 e. The molecule has 0 bridgehead atoms.